The molecule has 0 saturated carbocycles. The highest BCUT2D eigenvalue weighted by atomic mass is 16.5. The van der Waals surface area contributed by atoms with Crippen LogP contribution in [0, 0.1) is 11.3 Å². The van der Waals surface area contributed by atoms with Crippen LogP contribution in [0.4, 0.5) is 11.4 Å². The molecule has 0 fully saturated rings. The Morgan fingerprint density at radius 2 is 1.68 bits per heavy atom. The quantitative estimate of drug-likeness (QED) is 0.212. The number of para-hydroxylation sites is 2. The first-order valence-corrected chi connectivity index (χ1v) is 12.2. The van der Waals surface area contributed by atoms with E-state index in [0.717, 1.165) is 24.0 Å². The van der Waals surface area contributed by atoms with Gasteiger partial charge in [-0.25, -0.2) is 0 Å². The van der Waals surface area contributed by atoms with Gasteiger partial charge >= 0.3 is 0 Å². The van der Waals surface area contributed by atoms with Crippen molar-refractivity contribution in [3.63, 3.8) is 0 Å². The van der Waals surface area contributed by atoms with Crippen LogP contribution >= 0.6 is 0 Å². The van der Waals surface area contributed by atoms with Gasteiger partial charge in [0.15, 0.2) is 23.0 Å². The molecule has 0 radical (unpaired) electrons. The molecule has 0 saturated heterocycles. The highest BCUT2D eigenvalue weighted by molar-refractivity contribution is 5.97. The molecule has 0 atom stereocenters. The van der Waals surface area contributed by atoms with Crippen LogP contribution in [-0.4, -0.2) is 50.6 Å². The first kappa shape index (κ1) is 26.5. The highest BCUT2D eigenvalue weighted by Crippen LogP contribution is 2.38. The molecule has 0 aliphatic rings. The topological polar surface area (TPSA) is 118 Å². The van der Waals surface area contributed by atoms with Crippen LogP contribution in [-0.2, 0) is 0 Å². The van der Waals surface area contributed by atoms with Gasteiger partial charge in [0.1, 0.15) is 11.8 Å². The van der Waals surface area contributed by atoms with E-state index in [0.29, 0.717) is 58.7 Å². The van der Waals surface area contributed by atoms with Crippen LogP contribution in [0.3, 0.4) is 0 Å². The summed E-state index contributed by atoms with van der Waals surface area (Å²) < 4.78 is 22.8. The minimum Gasteiger partial charge on any atom is -0.493 e. The number of aliphatic hydroxyl groups is 1. The average Bonchev–Trinajstić information content (AvgIpc) is 2.96. The molecule has 3 N–H and O–H groups in total. The summed E-state index contributed by atoms with van der Waals surface area (Å²) in [5.74, 6) is 3.03. The standard InChI is InChI=1S/C29H30N4O5/c1-35-25-6-3-4-7-26(25)38-22-10-8-21(9-11-22)33-29-20(18-30)19-32-24-17-28(27(36-2)16-23(24)29)37-15-5-12-31-13-14-34/h3-4,6-11,16-17,19,31,34H,5,12-15H2,1-2H3,(H,32,33). The highest BCUT2D eigenvalue weighted by Gasteiger charge is 2.15. The Bertz CT molecular complexity index is 1400. The first-order valence-electron chi connectivity index (χ1n) is 12.2. The number of hydrogen-bond acceptors (Lipinski definition) is 9. The zero-order chi connectivity index (χ0) is 26.7. The van der Waals surface area contributed by atoms with E-state index < -0.39 is 0 Å². The van der Waals surface area contributed by atoms with Gasteiger partial charge in [-0.1, -0.05) is 12.1 Å². The molecular weight excluding hydrogens is 484 g/mol. The Kier molecular flexibility index (Phi) is 9.18. The van der Waals surface area contributed by atoms with Crippen LogP contribution < -0.4 is 29.6 Å². The number of aliphatic hydroxyl groups excluding tert-OH is 1. The van der Waals surface area contributed by atoms with E-state index in [1.54, 1.807) is 20.4 Å². The summed E-state index contributed by atoms with van der Waals surface area (Å²) in [6.07, 6.45) is 2.31. The van der Waals surface area contributed by atoms with E-state index in [2.05, 4.69) is 21.7 Å². The Labute approximate surface area is 221 Å². The maximum Gasteiger partial charge on any atom is 0.169 e. The van der Waals surface area contributed by atoms with Crippen molar-refractivity contribution in [2.45, 2.75) is 6.42 Å². The predicted molar refractivity (Wildman–Crippen MR) is 146 cm³/mol. The SMILES string of the molecule is COc1cc2c(Nc3ccc(Oc4ccccc4OC)cc3)c(C#N)cnc2cc1OCCCNCCO. The van der Waals surface area contributed by atoms with Crippen molar-refractivity contribution < 1.29 is 24.1 Å². The molecule has 0 unspecified atom stereocenters. The van der Waals surface area contributed by atoms with Crippen molar-refractivity contribution in [2.75, 3.05) is 45.8 Å². The van der Waals surface area contributed by atoms with Crippen molar-refractivity contribution in [3.05, 3.63) is 72.4 Å². The Morgan fingerprint density at radius 1 is 0.921 bits per heavy atom. The maximum absolute atomic E-state index is 9.76. The third-order valence-electron chi connectivity index (χ3n) is 5.74. The van der Waals surface area contributed by atoms with Crippen molar-refractivity contribution in [2.24, 2.45) is 0 Å². The minimum absolute atomic E-state index is 0.104. The fraction of sp³-hybridized carbons (Fsp3) is 0.241. The summed E-state index contributed by atoms with van der Waals surface area (Å²) in [6.45, 7) is 1.87. The molecule has 1 heterocycles. The predicted octanol–water partition coefficient (Wildman–Crippen LogP) is 5.01. The lowest BCUT2D eigenvalue weighted by molar-refractivity contribution is 0.275. The third kappa shape index (κ3) is 6.42. The Hall–Kier alpha value is -4.52. The number of nitrogens with one attached hydrogen (secondary N) is 2. The monoisotopic (exact) mass is 514 g/mol. The number of benzene rings is 3. The van der Waals surface area contributed by atoms with Gasteiger partial charge in [-0.3, -0.25) is 4.98 Å². The molecule has 3 aromatic carbocycles. The number of rotatable bonds is 13. The van der Waals surface area contributed by atoms with Crippen LogP contribution in [0.5, 0.6) is 28.7 Å². The van der Waals surface area contributed by atoms with E-state index >= 15 is 0 Å². The number of ether oxygens (including phenoxy) is 4. The molecule has 4 rings (SSSR count). The normalized spacial score (nSPS) is 10.6. The molecule has 9 heteroatoms. The van der Waals surface area contributed by atoms with Gasteiger partial charge in [0.05, 0.1) is 44.2 Å². The van der Waals surface area contributed by atoms with Gasteiger partial charge in [-0.2, -0.15) is 5.26 Å². The van der Waals surface area contributed by atoms with Gasteiger partial charge in [0.2, 0.25) is 0 Å². The minimum atomic E-state index is 0.104. The summed E-state index contributed by atoms with van der Waals surface area (Å²) in [4.78, 5) is 4.47. The van der Waals surface area contributed by atoms with Crippen LogP contribution in [0.15, 0.2) is 66.9 Å². The summed E-state index contributed by atoms with van der Waals surface area (Å²) in [7, 11) is 3.18. The van der Waals surface area contributed by atoms with E-state index in [1.807, 2.05) is 60.7 Å². The van der Waals surface area contributed by atoms with Gasteiger partial charge in [-0.15, -0.1) is 0 Å². The molecule has 0 spiro atoms. The van der Waals surface area contributed by atoms with Gasteiger partial charge in [0, 0.05) is 29.9 Å². The van der Waals surface area contributed by atoms with Gasteiger partial charge < -0.3 is 34.7 Å². The number of nitrogens with zero attached hydrogens (tertiary/aromatic N) is 2. The van der Waals surface area contributed by atoms with Gasteiger partial charge in [-0.05, 0) is 55.4 Å². The van der Waals surface area contributed by atoms with Crippen molar-refractivity contribution in [1.82, 2.24) is 10.3 Å². The van der Waals surface area contributed by atoms with Crippen LogP contribution in [0.25, 0.3) is 10.9 Å². The molecular formula is C29H30N4O5. The van der Waals surface area contributed by atoms with E-state index in [-0.39, 0.29) is 6.61 Å². The Morgan fingerprint density at radius 3 is 2.39 bits per heavy atom. The molecule has 0 bridgehead atoms. The number of aromatic nitrogens is 1. The average molecular weight is 515 g/mol. The molecule has 196 valence electrons. The number of methoxy groups -OCH3 is 2. The lowest BCUT2D eigenvalue weighted by Gasteiger charge is -2.16. The van der Waals surface area contributed by atoms with Crippen molar-refractivity contribution in [3.8, 4) is 34.8 Å². The van der Waals surface area contributed by atoms with Crippen molar-refractivity contribution >= 4 is 22.3 Å². The van der Waals surface area contributed by atoms with E-state index in [4.69, 9.17) is 24.1 Å². The number of pyridine rings is 1. The zero-order valence-corrected chi connectivity index (χ0v) is 21.4. The summed E-state index contributed by atoms with van der Waals surface area (Å²) >= 11 is 0. The lowest BCUT2D eigenvalue weighted by Crippen LogP contribution is -2.20. The second kappa shape index (κ2) is 13.1. The second-order valence-electron chi connectivity index (χ2n) is 8.26. The number of nitriles is 1. The maximum atomic E-state index is 9.76. The van der Waals surface area contributed by atoms with Gasteiger partial charge in [0.25, 0.3) is 0 Å². The summed E-state index contributed by atoms with van der Waals surface area (Å²) in [5, 5.41) is 25.8. The van der Waals surface area contributed by atoms with E-state index in [1.165, 1.54) is 0 Å². The molecule has 4 aromatic rings. The molecule has 9 nitrogen and oxygen atoms in total. The first-order chi connectivity index (χ1) is 18.7. The molecule has 0 aliphatic carbocycles. The number of anilines is 2. The van der Waals surface area contributed by atoms with Crippen LogP contribution in [0.2, 0.25) is 0 Å². The summed E-state index contributed by atoms with van der Waals surface area (Å²) in [6, 6.07) is 20.7. The number of fused-ring (bicyclic) bond motifs is 1. The largest absolute Gasteiger partial charge is 0.493 e. The van der Waals surface area contributed by atoms with E-state index in [9.17, 15) is 5.26 Å². The zero-order valence-electron chi connectivity index (χ0n) is 21.4. The third-order valence-corrected chi connectivity index (χ3v) is 5.74. The second-order valence-corrected chi connectivity index (χ2v) is 8.26. The lowest BCUT2D eigenvalue weighted by atomic mass is 10.1. The molecule has 0 aliphatic heterocycles. The smallest absolute Gasteiger partial charge is 0.169 e. The molecule has 38 heavy (non-hydrogen) atoms. The fourth-order valence-corrected chi connectivity index (χ4v) is 3.86. The van der Waals surface area contributed by atoms with Crippen molar-refractivity contribution in [1.29, 1.82) is 5.26 Å². The fourth-order valence-electron chi connectivity index (χ4n) is 3.86. The Balaban J connectivity index is 1.55. The van der Waals surface area contributed by atoms with Crippen LogP contribution in [0.1, 0.15) is 12.0 Å². The summed E-state index contributed by atoms with van der Waals surface area (Å²) in [5.41, 5.74) is 2.46. The molecule has 1 aromatic heterocycles. The number of hydrogen-bond donors (Lipinski definition) is 3. The molecule has 0 amide bonds.